The fourth-order valence-corrected chi connectivity index (χ4v) is 4.04. The Labute approximate surface area is 160 Å². The van der Waals surface area contributed by atoms with Crippen LogP contribution in [0.15, 0.2) is 49.1 Å². The summed E-state index contributed by atoms with van der Waals surface area (Å²) in [5.41, 5.74) is 2.40. The number of nitrogens with zero attached hydrogens (tertiary/aromatic N) is 4. The number of fused-ring (bicyclic) bond motifs is 1. The minimum absolute atomic E-state index is 0.295. The van der Waals surface area contributed by atoms with Crippen LogP contribution < -0.4 is 4.74 Å². The zero-order valence-corrected chi connectivity index (χ0v) is 15.6. The third kappa shape index (κ3) is 3.83. The van der Waals surface area contributed by atoms with Crippen molar-refractivity contribution < 1.29 is 4.74 Å². The molecule has 1 aliphatic heterocycles. The molecule has 5 rings (SSSR count). The van der Waals surface area contributed by atoms with Crippen LogP contribution in [0.5, 0.6) is 5.75 Å². The number of ether oxygens (including phenoxy) is 1. The van der Waals surface area contributed by atoms with Crippen LogP contribution in [0.1, 0.15) is 31.4 Å². The molecular formula is C22H26N4O. The van der Waals surface area contributed by atoms with Crippen molar-refractivity contribution in [2.24, 2.45) is 5.92 Å². The fraction of sp³-hybridized carbons (Fsp3) is 0.455. The Balaban J connectivity index is 1.22. The Hall–Kier alpha value is -2.40. The Kier molecular flexibility index (Phi) is 4.54. The van der Waals surface area contributed by atoms with E-state index in [1.54, 1.807) is 6.33 Å². The molecule has 1 saturated heterocycles. The summed E-state index contributed by atoms with van der Waals surface area (Å²) in [6, 6.07) is 10.7. The topological polar surface area (TPSA) is 43.2 Å². The van der Waals surface area contributed by atoms with E-state index in [4.69, 9.17) is 4.74 Å². The lowest BCUT2D eigenvalue weighted by Gasteiger charge is -2.32. The minimum atomic E-state index is 0.295. The summed E-state index contributed by atoms with van der Waals surface area (Å²) in [4.78, 5) is 10.8. The summed E-state index contributed by atoms with van der Waals surface area (Å²) in [7, 11) is 0. The molecule has 0 bridgehead atoms. The molecule has 5 nitrogen and oxygen atoms in total. The van der Waals surface area contributed by atoms with Crippen LogP contribution in [-0.2, 0) is 13.1 Å². The van der Waals surface area contributed by atoms with Crippen LogP contribution in [0, 0.1) is 5.92 Å². The van der Waals surface area contributed by atoms with Gasteiger partial charge in [-0.2, -0.15) is 0 Å². The predicted octanol–water partition coefficient (Wildman–Crippen LogP) is 3.88. The maximum atomic E-state index is 6.44. The second-order valence-electron chi connectivity index (χ2n) is 7.89. The van der Waals surface area contributed by atoms with Crippen LogP contribution in [0.3, 0.4) is 0 Å². The molecule has 0 atom stereocenters. The third-order valence-corrected chi connectivity index (χ3v) is 5.78. The van der Waals surface area contributed by atoms with Crippen molar-refractivity contribution in [1.29, 1.82) is 0 Å². The van der Waals surface area contributed by atoms with E-state index in [0.29, 0.717) is 6.10 Å². The Morgan fingerprint density at radius 1 is 1.04 bits per heavy atom. The second kappa shape index (κ2) is 7.31. The van der Waals surface area contributed by atoms with Crippen LogP contribution in [0.2, 0.25) is 0 Å². The van der Waals surface area contributed by atoms with Gasteiger partial charge in [0.05, 0.1) is 11.2 Å². The molecule has 3 aromatic rings. The van der Waals surface area contributed by atoms with Crippen molar-refractivity contribution in [1.82, 2.24) is 19.4 Å². The number of hydrogen-bond acceptors (Lipinski definition) is 4. The highest BCUT2D eigenvalue weighted by molar-refractivity contribution is 5.86. The van der Waals surface area contributed by atoms with Crippen LogP contribution >= 0.6 is 0 Å². The van der Waals surface area contributed by atoms with Gasteiger partial charge in [0.15, 0.2) is 0 Å². The van der Waals surface area contributed by atoms with Gasteiger partial charge in [0, 0.05) is 44.0 Å². The zero-order chi connectivity index (χ0) is 18.1. The van der Waals surface area contributed by atoms with Crippen molar-refractivity contribution in [3.8, 4) is 5.75 Å². The molecule has 3 heterocycles. The zero-order valence-electron chi connectivity index (χ0n) is 15.6. The minimum Gasteiger partial charge on any atom is -0.490 e. The highest BCUT2D eigenvalue weighted by Crippen LogP contribution is 2.34. The van der Waals surface area contributed by atoms with Crippen LogP contribution in [-0.4, -0.2) is 38.6 Å². The van der Waals surface area contributed by atoms with Crippen molar-refractivity contribution >= 4 is 10.9 Å². The normalized spacial score (nSPS) is 18.8. The molecule has 0 N–H and O–H groups in total. The number of rotatable bonds is 6. The van der Waals surface area contributed by atoms with E-state index in [1.165, 1.54) is 23.7 Å². The smallest absolute Gasteiger partial charge is 0.129 e. The molecule has 0 radical (unpaired) electrons. The molecule has 5 heteroatoms. The van der Waals surface area contributed by atoms with Gasteiger partial charge < -0.3 is 9.30 Å². The quantitative estimate of drug-likeness (QED) is 0.667. The third-order valence-electron chi connectivity index (χ3n) is 5.78. The molecule has 1 aromatic carbocycles. The first-order valence-corrected chi connectivity index (χ1v) is 10.1. The molecule has 140 valence electrons. The van der Waals surface area contributed by atoms with Crippen LogP contribution in [0.4, 0.5) is 0 Å². The lowest BCUT2D eigenvalue weighted by atomic mass is 10.1. The van der Waals surface area contributed by atoms with Crippen molar-refractivity contribution in [2.75, 3.05) is 13.1 Å². The van der Waals surface area contributed by atoms with Gasteiger partial charge in [0.25, 0.3) is 0 Å². The van der Waals surface area contributed by atoms with Crippen molar-refractivity contribution in [3.63, 3.8) is 0 Å². The van der Waals surface area contributed by atoms with Gasteiger partial charge in [-0.25, -0.2) is 9.97 Å². The fourth-order valence-electron chi connectivity index (χ4n) is 4.04. The highest BCUT2D eigenvalue weighted by atomic mass is 16.5. The Morgan fingerprint density at radius 3 is 2.70 bits per heavy atom. The maximum absolute atomic E-state index is 6.44. The lowest BCUT2D eigenvalue weighted by molar-refractivity contribution is 0.0972. The van der Waals surface area contributed by atoms with Gasteiger partial charge in [-0.3, -0.25) is 4.90 Å². The summed E-state index contributed by atoms with van der Waals surface area (Å²) < 4.78 is 8.83. The van der Waals surface area contributed by atoms with Gasteiger partial charge in [-0.1, -0.05) is 6.07 Å². The molecule has 2 fully saturated rings. The predicted molar refractivity (Wildman–Crippen MR) is 106 cm³/mol. The van der Waals surface area contributed by atoms with Gasteiger partial charge in [0.1, 0.15) is 18.2 Å². The number of benzene rings is 1. The van der Waals surface area contributed by atoms with Gasteiger partial charge in [-0.05, 0) is 55.9 Å². The second-order valence-corrected chi connectivity index (χ2v) is 7.89. The molecule has 2 aliphatic rings. The molecule has 1 aliphatic carbocycles. The summed E-state index contributed by atoms with van der Waals surface area (Å²) >= 11 is 0. The van der Waals surface area contributed by atoms with Gasteiger partial charge in [0.2, 0.25) is 0 Å². The average molecular weight is 362 g/mol. The summed E-state index contributed by atoms with van der Waals surface area (Å²) in [5, 5.41) is 1.25. The molecule has 2 aromatic heterocycles. The number of aromatic nitrogens is 3. The number of hydrogen-bond donors (Lipinski definition) is 0. The van der Waals surface area contributed by atoms with E-state index in [1.807, 2.05) is 12.3 Å². The van der Waals surface area contributed by atoms with E-state index in [2.05, 4.69) is 49.9 Å². The number of piperidine rings is 1. The summed E-state index contributed by atoms with van der Waals surface area (Å²) in [6.07, 6.45) is 10.8. The lowest BCUT2D eigenvalue weighted by Crippen LogP contribution is -2.38. The van der Waals surface area contributed by atoms with Crippen molar-refractivity contribution in [2.45, 2.75) is 44.9 Å². The first-order chi connectivity index (χ1) is 13.3. The van der Waals surface area contributed by atoms with Gasteiger partial charge >= 0.3 is 0 Å². The van der Waals surface area contributed by atoms with Crippen molar-refractivity contribution in [3.05, 3.63) is 54.7 Å². The largest absolute Gasteiger partial charge is 0.490 e. The van der Waals surface area contributed by atoms with Crippen LogP contribution in [0.25, 0.3) is 10.9 Å². The highest BCUT2D eigenvalue weighted by Gasteiger charge is 2.24. The molecular weight excluding hydrogens is 336 g/mol. The standard InChI is InChI=1S/C22H26N4O/c1-2-21-20(9-13-26(21)14-17-4-5-17)22(3-1)27-19-7-11-25(12-8-19)15-18-6-10-23-16-24-18/h1-3,6,9-10,13,16-17,19H,4-5,7-8,11-12,14-15H2. The van der Waals surface area contributed by atoms with E-state index < -0.39 is 0 Å². The molecule has 1 saturated carbocycles. The molecule has 0 unspecified atom stereocenters. The molecule has 0 amide bonds. The SMILES string of the molecule is c1cc(OC2CCN(Cc3ccncn3)CC2)c2ccn(CC3CC3)c2c1. The Morgan fingerprint density at radius 2 is 1.93 bits per heavy atom. The Bertz CT molecular complexity index is 895. The monoisotopic (exact) mass is 362 g/mol. The first kappa shape index (κ1) is 16.8. The van der Waals surface area contributed by atoms with E-state index >= 15 is 0 Å². The molecule has 27 heavy (non-hydrogen) atoms. The van der Waals surface area contributed by atoms with E-state index in [0.717, 1.165) is 56.4 Å². The summed E-state index contributed by atoms with van der Waals surface area (Å²) in [5.74, 6) is 1.92. The first-order valence-electron chi connectivity index (χ1n) is 10.1. The average Bonchev–Trinajstić information content (AvgIpc) is 3.43. The van der Waals surface area contributed by atoms with Gasteiger partial charge in [-0.15, -0.1) is 0 Å². The molecule has 0 spiro atoms. The maximum Gasteiger partial charge on any atom is 0.129 e. The number of likely N-dealkylation sites (tertiary alicyclic amines) is 1. The summed E-state index contributed by atoms with van der Waals surface area (Å²) in [6.45, 7) is 4.14. The van der Waals surface area contributed by atoms with E-state index in [9.17, 15) is 0 Å². The van der Waals surface area contributed by atoms with E-state index in [-0.39, 0.29) is 0 Å².